The normalized spacial score (nSPS) is 16.2. The lowest BCUT2D eigenvalue weighted by atomic mass is 9.89. The molecule has 2 aromatic carbocycles. The summed E-state index contributed by atoms with van der Waals surface area (Å²) in [6.07, 6.45) is 1.45. The Morgan fingerprint density at radius 1 is 1.15 bits per heavy atom. The predicted molar refractivity (Wildman–Crippen MR) is 133 cm³/mol. The van der Waals surface area contributed by atoms with E-state index < -0.39 is 6.10 Å². The number of hydrogen-bond acceptors (Lipinski definition) is 6. The molecular weight excluding hydrogens is 475 g/mol. The van der Waals surface area contributed by atoms with Gasteiger partial charge < -0.3 is 24.1 Å². The van der Waals surface area contributed by atoms with E-state index in [9.17, 15) is 5.11 Å². The zero-order chi connectivity index (χ0) is 23.7. The fourth-order valence-electron chi connectivity index (χ4n) is 4.53. The zero-order valence-corrected chi connectivity index (χ0v) is 20.3. The lowest BCUT2D eigenvalue weighted by Crippen LogP contribution is -2.40. The lowest BCUT2D eigenvalue weighted by Gasteiger charge is -2.33. The Kier molecular flexibility index (Phi) is 6.79. The van der Waals surface area contributed by atoms with Gasteiger partial charge in [0.05, 0.1) is 10.0 Å². The number of aryl methyl sites for hydroxylation is 1. The van der Waals surface area contributed by atoms with Crippen LogP contribution in [0.2, 0.25) is 10.0 Å². The van der Waals surface area contributed by atoms with Crippen LogP contribution in [0.3, 0.4) is 0 Å². The van der Waals surface area contributed by atoms with Gasteiger partial charge in [0.15, 0.2) is 0 Å². The highest BCUT2D eigenvalue weighted by molar-refractivity contribution is 6.42. The van der Waals surface area contributed by atoms with Crippen molar-refractivity contribution in [1.29, 1.82) is 0 Å². The van der Waals surface area contributed by atoms with Gasteiger partial charge in [-0.15, -0.1) is 10.2 Å². The maximum atomic E-state index is 10.6. The molecule has 1 fully saturated rings. The van der Waals surface area contributed by atoms with Gasteiger partial charge in [-0.3, -0.25) is 0 Å². The van der Waals surface area contributed by atoms with Crippen molar-refractivity contribution in [3.8, 4) is 17.3 Å². The molecule has 1 aliphatic rings. The molecule has 2 N–H and O–H groups in total. The van der Waals surface area contributed by atoms with Gasteiger partial charge in [-0.2, -0.15) is 0 Å². The highest BCUT2D eigenvalue weighted by Crippen LogP contribution is 2.33. The summed E-state index contributed by atoms with van der Waals surface area (Å²) >= 11 is 12.2. The van der Waals surface area contributed by atoms with Crippen molar-refractivity contribution in [3.05, 3.63) is 64.0 Å². The van der Waals surface area contributed by atoms with Crippen molar-refractivity contribution >= 4 is 34.1 Å². The highest BCUT2D eigenvalue weighted by Gasteiger charge is 2.23. The predicted octanol–water partition coefficient (Wildman–Crippen LogP) is 5.45. The molecule has 0 bridgehead atoms. The average Bonchev–Trinajstić information content (AvgIpc) is 3.46. The number of nitrogens with zero attached hydrogens (tertiary/aromatic N) is 3. The summed E-state index contributed by atoms with van der Waals surface area (Å²) in [5.41, 5.74) is 2.87. The Balaban J connectivity index is 1.16. The molecule has 3 heterocycles. The van der Waals surface area contributed by atoms with Crippen molar-refractivity contribution in [2.24, 2.45) is 0 Å². The minimum absolute atomic E-state index is 0.214. The van der Waals surface area contributed by atoms with E-state index in [4.69, 9.17) is 32.4 Å². The number of piperidine rings is 1. The van der Waals surface area contributed by atoms with Crippen LogP contribution in [0.5, 0.6) is 5.75 Å². The molecular formula is C25H26Cl2N4O3. The van der Waals surface area contributed by atoms with Gasteiger partial charge in [-0.1, -0.05) is 35.3 Å². The molecule has 9 heteroatoms. The number of aliphatic hydroxyl groups excluding tert-OH is 1. The molecule has 2 aromatic heterocycles. The Bertz CT molecular complexity index is 1280. The summed E-state index contributed by atoms with van der Waals surface area (Å²) in [5, 5.41) is 20.7. The average molecular weight is 501 g/mol. The first-order valence-corrected chi connectivity index (χ1v) is 12.1. The number of benzene rings is 2. The molecule has 0 unspecified atom stereocenters. The molecule has 1 saturated heterocycles. The molecule has 0 saturated carbocycles. The third-order valence-electron chi connectivity index (χ3n) is 6.28. The number of aliphatic hydroxyl groups is 1. The highest BCUT2D eigenvalue weighted by atomic mass is 35.5. The van der Waals surface area contributed by atoms with E-state index in [-0.39, 0.29) is 6.61 Å². The summed E-state index contributed by atoms with van der Waals surface area (Å²) in [7, 11) is 0. The Hall–Kier alpha value is -2.58. The minimum Gasteiger partial charge on any atom is -0.490 e. The van der Waals surface area contributed by atoms with E-state index in [1.807, 2.05) is 36.4 Å². The van der Waals surface area contributed by atoms with Crippen molar-refractivity contribution in [2.75, 3.05) is 26.2 Å². The minimum atomic E-state index is -0.589. The number of halogens is 2. The maximum Gasteiger partial charge on any atom is 0.264 e. The standard InChI is InChI=1S/C25H26Cl2N4O3/c1-15-29-30-25(34-15)23-12-19-22(28-23)3-2-4-24(19)33-14-18(32)13-31-9-7-16(8-10-31)17-5-6-20(26)21(27)11-17/h2-6,11-12,16,18,28,32H,7-10,13-14H2,1H3/t18-/m0/s1. The largest absolute Gasteiger partial charge is 0.490 e. The molecule has 0 spiro atoms. The molecule has 178 valence electrons. The quantitative estimate of drug-likeness (QED) is 0.350. The fraction of sp³-hybridized carbons (Fsp3) is 0.360. The van der Waals surface area contributed by atoms with Gasteiger partial charge in [0.25, 0.3) is 5.89 Å². The van der Waals surface area contributed by atoms with Gasteiger partial charge in [0.2, 0.25) is 5.89 Å². The van der Waals surface area contributed by atoms with E-state index >= 15 is 0 Å². The van der Waals surface area contributed by atoms with Gasteiger partial charge in [0.1, 0.15) is 24.2 Å². The van der Waals surface area contributed by atoms with E-state index in [2.05, 4.69) is 26.1 Å². The second-order valence-electron chi connectivity index (χ2n) is 8.74. The molecule has 5 rings (SSSR count). The summed E-state index contributed by atoms with van der Waals surface area (Å²) in [6, 6.07) is 13.6. The molecule has 0 amide bonds. The monoisotopic (exact) mass is 500 g/mol. The fourth-order valence-corrected chi connectivity index (χ4v) is 4.83. The molecule has 34 heavy (non-hydrogen) atoms. The molecule has 0 radical (unpaired) electrons. The van der Waals surface area contributed by atoms with Crippen molar-refractivity contribution < 1.29 is 14.3 Å². The second-order valence-corrected chi connectivity index (χ2v) is 9.55. The first-order valence-electron chi connectivity index (χ1n) is 11.4. The van der Waals surface area contributed by atoms with Crippen LogP contribution < -0.4 is 4.74 Å². The summed E-state index contributed by atoms with van der Waals surface area (Å²) < 4.78 is 11.5. The van der Waals surface area contributed by atoms with Crippen molar-refractivity contribution in [2.45, 2.75) is 31.8 Å². The number of likely N-dealkylation sites (tertiary alicyclic amines) is 1. The number of fused-ring (bicyclic) bond motifs is 1. The molecule has 1 atom stereocenters. The summed E-state index contributed by atoms with van der Waals surface area (Å²) in [5.74, 6) is 2.11. The number of rotatable bonds is 7. The van der Waals surface area contributed by atoms with Crippen molar-refractivity contribution in [1.82, 2.24) is 20.1 Å². The van der Waals surface area contributed by atoms with Crippen LogP contribution in [0.1, 0.15) is 30.2 Å². The molecule has 1 aliphatic heterocycles. The third-order valence-corrected chi connectivity index (χ3v) is 7.02. The third kappa shape index (κ3) is 5.08. The first-order chi connectivity index (χ1) is 16.5. The van der Waals surface area contributed by atoms with Crippen LogP contribution >= 0.6 is 23.2 Å². The van der Waals surface area contributed by atoms with Gasteiger partial charge in [0, 0.05) is 24.4 Å². The van der Waals surface area contributed by atoms with E-state index in [0.29, 0.717) is 40.0 Å². The smallest absolute Gasteiger partial charge is 0.264 e. The maximum absolute atomic E-state index is 10.6. The number of H-pyrrole nitrogens is 1. The second kappa shape index (κ2) is 9.96. The number of hydrogen-bond donors (Lipinski definition) is 2. The Morgan fingerprint density at radius 2 is 1.97 bits per heavy atom. The van der Waals surface area contributed by atoms with Crippen LogP contribution in [-0.4, -0.2) is 57.5 Å². The van der Waals surface area contributed by atoms with Crippen LogP contribution in [0.4, 0.5) is 0 Å². The number of β-amino-alcohol motifs (C(OH)–C–C–N with tert-alkyl or cyclic N) is 1. The number of nitrogens with one attached hydrogen (secondary N) is 1. The number of aromatic nitrogens is 3. The Labute approximate surface area is 207 Å². The van der Waals surface area contributed by atoms with E-state index in [1.54, 1.807) is 6.92 Å². The van der Waals surface area contributed by atoms with E-state index in [0.717, 1.165) is 42.5 Å². The van der Waals surface area contributed by atoms with Gasteiger partial charge >= 0.3 is 0 Å². The molecule has 4 aromatic rings. The number of ether oxygens (including phenoxy) is 1. The topological polar surface area (TPSA) is 87.4 Å². The summed E-state index contributed by atoms with van der Waals surface area (Å²) in [6.45, 7) is 4.38. The number of aromatic amines is 1. The zero-order valence-electron chi connectivity index (χ0n) is 18.8. The van der Waals surface area contributed by atoms with Gasteiger partial charge in [-0.05, 0) is 67.7 Å². The SMILES string of the molecule is Cc1nnc(-c2cc3c(OC[C@@H](O)CN4CCC(c5ccc(Cl)c(Cl)c5)CC4)cccc3[nH]2)o1. The molecule has 7 nitrogen and oxygen atoms in total. The first kappa shape index (κ1) is 23.2. The van der Waals surface area contributed by atoms with Crippen molar-refractivity contribution in [3.63, 3.8) is 0 Å². The lowest BCUT2D eigenvalue weighted by molar-refractivity contribution is 0.0599. The van der Waals surface area contributed by atoms with E-state index in [1.165, 1.54) is 5.56 Å². The van der Waals surface area contributed by atoms with Crippen LogP contribution in [0.25, 0.3) is 22.5 Å². The van der Waals surface area contributed by atoms with Crippen LogP contribution in [0.15, 0.2) is 46.9 Å². The van der Waals surface area contributed by atoms with Crippen LogP contribution in [-0.2, 0) is 0 Å². The summed E-state index contributed by atoms with van der Waals surface area (Å²) in [4.78, 5) is 5.57. The van der Waals surface area contributed by atoms with Gasteiger partial charge in [-0.25, -0.2) is 0 Å². The van der Waals surface area contributed by atoms with Crippen LogP contribution in [0, 0.1) is 6.92 Å². The molecule has 0 aliphatic carbocycles. The Morgan fingerprint density at radius 3 is 2.71 bits per heavy atom.